The summed E-state index contributed by atoms with van der Waals surface area (Å²) in [6.45, 7) is 7.94. The number of hydrogen-bond donors (Lipinski definition) is 3. The van der Waals surface area contributed by atoms with Crippen LogP contribution in [-0.2, 0) is 19.5 Å². The highest BCUT2D eigenvalue weighted by atomic mass is 32.1. The Balaban J connectivity index is 0.987. The van der Waals surface area contributed by atoms with Gasteiger partial charge in [-0.3, -0.25) is 14.8 Å². The number of carbonyl (C=O) groups excluding carboxylic acids is 1. The molecule has 5 aromatic rings. The highest BCUT2D eigenvalue weighted by molar-refractivity contribution is 7.22. The number of carboxylic acid groups (broad SMARTS) is 1. The molecule has 1 aliphatic heterocycles. The lowest BCUT2D eigenvalue weighted by Crippen LogP contribution is -2.68. The second-order valence-electron chi connectivity index (χ2n) is 16.7. The normalized spacial score (nSPS) is 27.6. The summed E-state index contributed by atoms with van der Waals surface area (Å²) in [5.74, 6) is -0.893. The Hall–Kier alpha value is -4.81. The van der Waals surface area contributed by atoms with E-state index >= 15 is 0 Å². The molecule has 4 fully saturated rings. The molecule has 10 rings (SSSR count). The van der Waals surface area contributed by atoms with Crippen LogP contribution < -0.4 is 15.3 Å². The van der Waals surface area contributed by atoms with Gasteiger partial charge in [-0.15, -0.1) is 5.60 Å². The fourth-order valence-corrected chi connectivity index (χ4v) is 12.2. The van der Waals surface area contributed by atoms with Gasteiger partial charge in [0.2, 0.25) is 0 Å². The van der Waals surface area contributed by atoms with Crippen molar-refractivity contribution in [1.29, 1.82) is 0 Å². The molecule has 0 spiro atoms. The molecule has 0 saturated heterocycles. The van der Waals surface area contributed by atoms with Crippen LogP contribution in [0.5, 0.6) is 5.75 Å². The van der Waals surface area contributed by atoms with Crippen molar-refractivity contribution >= 4 is 44.4 Å². The third-order valence-electron chi connectivity index (χ3n) is 12.1. The molecule has 2 aromatic carbocycles. The zero-order valence-corrected chi connectivity index (χ0v) is 30.3. The third kappa shape index (κ3) is 5.45. The predicted molar refractivity (Wildman–Crippen MR) is 197 cm³/mol. The van der Waals surface area contributed by atoms with Crippen molar-refractivity contribution in [3.05, 3.63) is 82.8 Å². The van der Waals surface area contributed by atoms with E-state index in [1.807, 2.05) is 46.8 Å². The highest BCUT2D eigenvalue weighted by Gasteiger charge is 2.61. The molecule has 1 amide bonds. The summed E-state index contributed by atoms with van der Waals surface area (Å²) in [7, 11) is 0. The first kappa shape index (κ1) is 33.1. The highest BCUT2D eigenvalue weighted by Crippen LogP contribution is 2.70. The quantitative estimate of drug-likeness (QED) is 0.170. The van der Waals surface area contributed by atoms with Crippen molar-refractivity contribution in [3.63, 3.8) is 0 Å². The van der Waals surface area contributed by atoms with Crippen LogP contribution in [-0.4, -0.2) is 54.0 Å². The van der Waals surface area contributed by atoms with Gasteiger partial charge >= 0.3 is 5.97 Å². The molecule has 11 nitrogen and oxygen atoms in total. The molecule has 5 aliphatic rings. The van der Waals surface area contributed by atoms with Crippen LogP contribution >= 0.6 is 11.3 Å². The van der Waals surface area contributed by atoms with E-state index in [0.29, 0.717) is 64.7 Å². The number of pyridine rings is 1. The van der Waals surface area contributed by atoms with E-state index in [1.165, 1.54) is 11.3 Å². The van der Waals surface area contributed by atoms with Gasteiger partial charge in [-0.25, -0.2) is 14.8 Å². The van der Waals surface area contributed by atoms with E-state index in [9.17, 15) is 24.9 Å². The van der Waals surface area contributed by atoms with Crippen LogP contribution in [0, 0.1) is 23.2 Å². The molecule has 4 saturated carbocycles. The molecular weight excluding hydrogens is 677 g/mol. The summed E-state index contributed by atoms with van der Waals surface area (Å²) >= 11 is 1.39. The number of rotatable bonds is 7. The Morgan fingerprint density at radius 1 is 0.942 bits per heavy atom. The Kier molecular flexibility index (Phi) is 7.21. The predicted octanol–water partition coefficient (Wildman–Crippen LogP) is 6.56. The Morgan fingerprint density at radius 3 is 2.44 bits per heavy atom. The number of nitrogens with one attached hydrogen (secondary N) is 1. The number of anilines is 2. The van der Waals surface area contributed by atoms with Gasteiger partial charge in [-0.05, 0) is 90.8 Å². The number of aromatic carboxylic acids is 1. The number of benzene rings is 2. The van der Waals surface area contributed by atoms with Gasteiger partial charge in [0, 0.05) is 47.6 Å². The molecule has 2 atom stereocenters. The largest absolute Gasteiger partial charge is 0.849 e. The van der Waals surface area contributed by atoms with E-state index in [2.05, 4.69) is 29.1 Å². The number of nitrogens with zero attached hydrogens (tertiary/aromatic N) is 5. The molecule has 52 heavy (non-hydrogen) atoms. The fraction of sp³-hybridized carbons (Fsp3) is 0.425. The molecule has 12 heteroatoms. The lowest BCUT2D eigenvalue weighted by molar-refractivity contribution is -0.520. The summed E-state index contributed by atoms with van der Waals surface area (Å²) in [5, 5.41) is 43.2. The van der Waals surface area contributed by atoms with E-state index in [1.54, 1.807) is 24.4 Å². The van der Waals surface area contributed by atoms with Gasteiger partial charge < -0.3 is 20.2 Å². The van der Waals surface area contributed by atoms with E-state index < -0.39 is 11.6 Å². The van der Waals surface area contributed by atoms with Gasteiger partial charge in [-0.1, -0.05) is 56.6 Å². The number of thiazole rings is 1. The van der Waals surface area contributed by atoms with Gasteiger partial charge in [0.25, 0.3) is 5.91 Å². The van der Waals surface area contributed by atoms with Crippen LogP contribution in [0.15, 0.2) is 54.7 Å². The van der Waals surface area contributed by atoms with Crippen molar-refractivity contribution < 1.29 is 24.9 Å². The Labute approximate surface area is 305 Å². The summed E-state index contributed by atoms with van der Waals surface area (Å²) in [6.07, 6.45) is 7.50. The van der Waals surface area contributed by atoms with Crippen LogP contribution in [0.25, 0.3) is 21.3 Å². The monoisotopic (exact) mass is 717 g/mol. The number of amides is 1. The smallest absolute Gasteiger partial charge is 0.355 e. The van der Waals surface area contributed by atoms with Gasteiger partial charge in [-0.2, -0.15) is 5.10 Å². The van der Waals surface area contributed by atoms with Crippen molar-refractivity contribution in [1.82, 2.24) is 19.7 Å². The SMILES string of the molecule is Cc1c(-c2ccc(N3CCc4c(O)ccc(C(=O)Nc5nc6ccccc6s5)c4C3)nc2C(=O)O)cnn1CC12CC3(C)CC(C)(CC([O-])(C3)C1)C2. The molecule has 3 aromatic heterocycles. The molecule has 2 unspecified atom stereocenters. The number of phenols is 1. The standard InChI is InChI=1S/C40H41N6O5S/c1-23-27(14-41-46(23)22-39-17-37(2)16-38(3,18-39)20-40(51,19-37)21-39)25-9-11-32(43-33(25)35(49)50)45-13-12-24-28(15-45)26(8-10-30(24)47)34(48)44-36-42-29-6-4-5-7-31(29)52-36/h4-11,14,47H,12-13,15-22H2,1-3H3,(H,49,50)(H,42,44,48)/q-1. The van der Waals surface area contributed by atoms with Crippen molar-refractivity contribution in [2.75, 3.05) is 16.8 Å². The van der Waals surface area contributed by atoms with Crippen LogP contribution in [0.4, 0.5) is 10.9 Å². The zero-order valence-electron chi connectivity index (χ0n) is 29.5. The number of carbonyl (C=O) groups is 2. The number of aromatic hydroxyl groups is 1. The van der Waals surface area contributed by atoms with Crippen molar-refractivity contribution in [2.45, 2.75) is 84.4 Å². The molecule has 4 aliphatic carbocycles. The molecule has 0 radical (unpaired) electrons. The Bertz CT molecular complexity index is 2230. The molecule has 268 valence electrons. The molecular formula is C40H41N6O5S-. The third-order valence-corrected chi connectivity index (χ3v) is 13.0. The average molecular weight is 718 g/mol. The molecule has 4 heterocycles. The minimum absolute atomic E-state index is 0.0556. The lowest BCUT2D eigenvalue weighted by Gasteiger charge is -2.72. The van der Waals surface area contributed by atoms with Crippen molar-refractivity contribution in [2.24, 2.45) is 16.2 Å². The summed E-state index contributed by atoms with van der Waals surface area (Å²) in [5.41, 5.74) is 3.65. The summed E-state index contributed by atoms with van der Waals surface area (Å²) < 4.78 is 2.94. The first-order valence-corrected chi connectivity index (χ1v) is 18.8. The van der Waals surface area contributed by atoms with Crippen molar-refractivity contribution in [3.8, 4) is 16.9 Å². The number of phenolic OH excluding ortho intramolecular Hbond substituents is 1. The number of hydrogen-bond acceptors (Lipinski definition) is 9. The van der Waals surface area contributed by atoms with E-state index in [4.69, 9.17) is 5.10 Å². The topological polar surface area (TPSA) is 157 Å². The number of aromatic nitrogens is 4. The summed E-state index contributed by atoms with van der Waals surface area (Å²) in [4.78, 5) is 37.5. The van der Waals surface area contributed by atoms with Crippen LogP contribution in [0.3, 0.4) is 0 Å². The maximum atomic E-state index is 13.9. The molecule has 3 N–H and O–H groups in total. The van der Waals surface area contributed by atoms with E-state index in [0.717, 1.165) is 48.0 Å². The van der Waals surface area contributed by atoms with Crippen LogP contribution in [0.2, 0.25) is 0 Å². The summed E-state index contributed by atoms with van der Waals surface area (Å²) in [6, 6.07) is 14.4. The second-order valence-corrected chi connectivity index (χ2v) is 17.8. The molecule has 4 bridgehead atoms. The number of fused-ring (bicyclic) bond motifs is 2. The lowest BCUT2D eigenvalue weighted by atomic mass is 9.39. The maximum Gasteiger partial charge on any atom is 0.355 e. The zero-order chi connectivity index (χ0) is 36.2. The maximum absolute atomic E-state index is 13.9. The van der Waals surface area contributed by atoms with Gasteiger partial charge in [0.05, 0.1) is 16.4 Å². The number of carboxylic acids is 1. The van der Waals surface area contributed by atoms with Crippen LogP contribution in [0.1, 0.15) is 90.0 Å². The first-order valence-electron chi connectivity index (χ1n) is 18.0. The fourth-order valence-electron chi connectivity index (χ4n) is 11.3. The number of para-hydroxylation sites is 1. The van der Waals surface area contributed by atoms with E-state index in [-0.39, 0.29) is 40.1 Å². The minimum atomic E-state index is -1.15. The first-order chi connectivity index (χ1) is 24.7. The average Bonchev–Trinajstić information content (AvgIpc) is 3.64. The Morgan fingerprint density at radius 2 is 1.71 bits per heavy atom. The van der Waals surface area contributed by atoms with Gasteiger partial charge in [0.15, 0.2) is 10.8 Å². The van der Waals surface area contributed by atoms with Gasteiger partial charge in [0.1, 0.15) is 11.6 Å². The second kappa shape index (κ2) is 11.3. The minimum Gasteiger partial charge on any atom is -0.849 e.